The van der Waals surface area contributed by atoms with E-state index in [0.717, 1.165) is 28.7 Å². The Kier molecular flexibility index (Phi) is 8.68. The molecule has 34 heavy (non-hydrogen) atoms. The second kappa shape index (κ2) is 11.7. The Bertz CT molecular complexity index is 974. The molecule has 0 heterocycles. The minimum absolute atomic E-state index is 0.0801. The highest BCUT2D eigenvalue weighted by Crippen LogP contribution is 2.44. The Hall–Kier alpha value is -3.35. The van der Waals surface area contributed by atoms with Crippen LogP contribution in [0.15, 0.2) is 48.5 Å². The van der Waals surface area contributed by atoms with Gasteiger partial charge in [-0.1, -0.05) is 82.1 Å². The van der Waals surface area contributed by atoms with Crippen molar-refractivity contribution in [3.05, 3.63) is 59.7 Å². The van der Waals surface area contributed by atoms with Gasteiger partial charge in [-0.25, -0.2) is 9.59 Å². The summed E-state index contributed by atoms with van der Waals surface area (Å²) in [4.78, 5) is 37.0. The lowest BCUT2D eigenvalue weighted by Gasteiger charge is -2.22. The second-order valence-electron chi connectivity index (χ2n) is 9.19. The number of aliphatic carboxylic acids is 1. The van der Waals surface area contributed by atoms with Crippen molar-refractivity contribution in [2.24, 2.45) is 5.92 Å². The molecule has 7 heteroatoms. The Morgan fingerprint density at radius 2 is 1.53 bits per heavy atom. The number of carboxylic acid groups (broad SMARTS) is 1. The average Bonchev–Trinajstić information content (AvgIpc) is 3.13. The molecule has 0 spiro atoms. The van der Waals surface area contributed by atoms with Crippen LogP contribution in [0, 0.1) is 5.92 Å². The summed E-state index contributed by atoms with van der Waals surface area (Å²) >= 11 is 0. The molecule has 2 atom stereocenters. The monoisotopic (exact) mass is 466 g/mol. The number of alkyl carbamates (subject to hydrolysis) is 1. The van der Waals surface area contributed by atoms with Crippen molar-refractivity contribution in [3.63, 3.8) is 0 Å². The van der Waals surface area contributed by atoms with Gasteiger partial charge in [0.25, 0.3) is 0 Å². The van der Waals surface area contributed by atoms with Gasteiger partial charge in [0, 0.05) is 5.92 Å². The van der Waals surface area contributed by atoms with Crippen molar-refractivity contribution in [1.82, 2.24) is 10.6 Å². The van der Waals surface area contributed by atoms with Crippen LogP contribution in [-0.4, -0.2) is 41.8 Å². The molecule has 1 aliphatic rings. The first-order valence-electron chi connectivity index (χ1n) is 12.0. The molecule has 0 aromatic heterocycles. The van der Waals surface area contributed by atoms with Crippen LogP contribution in [0.5, 0.6) is 0 Å². The van der Waals surface area contributed by atoms with Gasteiger partial charge in [-0.3, -0.25) is 4.79 Å². The zero-order chi connectivity index (χ0) is 24.7. The van der Waals surface area contributed by atoms with Gasteiger partial charge in [-0.2, -0.15) is 0 Å². The summed E-state index contributed by atoms with van der Waals surface area (Å²) in [7, 11) is 0. The normalized spacial score (nSPS) is 14.1. The van der Waals surface area contributed by atoms with Crippen LogP contribution in [0.25, 0.3) is 11.1 Å². The molecular weight excluding hydrogens is 432 g/mol. The van der Waals surface area contributed by atoms with Crippen LogP contribution < -0.4 is 10.6 Å². The second-order valence-corrected chi connectivity index (χ2v) is 9.19. The zero-order valence-electron chi connectivity index (χ0n) is 20.0. The number of carboxylic acids is 1. The maximum absolute atomic E-state index is 12.8. The van der Waals surface area contributed by atoms with Gasteiger partial charge >= 0.3 is 12.1 Å². The fraction of sp³-hybridized carbons (Fsp3) is 0.444. The van der Waals surface area contributed by atoms with Crippen LogP contribution in [0.2, 0.25) is 0 Å². The first kappa shape index (κ1) is 25.3. The van der Waals surface area contributed by atoms with Gasteiger partial charge in [0.2, 0.25) is 5.91 Å². The molecule has 0 unspecified atom stereocenters. The highest BCUT2D eigenvalue weighted by molar-refractivity contribution is 5.89. The molecular formula is C27H34N2O5. The summed E-state index contributed by atoms with van der Waals surface area (Å²) in [6, 6.07) is 14.3. The predicted molar refractivity (Wildman–Crippen MR) is 131 cm³/mol. The van der Waals surface area contributed by atoms with Crippen LogP contribution in [0.1, 0.15) is 63.5 Å². The van der Waals surface area contributed by atoms with E-state index >= 15 is 0 Å². The van der Waals surface area contributed by atoms with E-state index in [1.54, 1.807) is 0 Å². The summed E-state index contributed by atoms with van der Waals surface area (Å²) in [6.45, 7) is 5.92. The molecule has 2 aromatic rings. The van der Waals surface area contributed by atoms with Gasteiger partial charge in [-0.15, -0.1) is 0 Å². The van der Waals surface area contributed by atoms with Crippen molar-refractivity contribution in [1.29, 1.82) is 0 Å². The molecule has 0 aliphatic heterocycles. The molecule has 0 bridgehead atoms. The lowest BCUT2D eigenvalue weighted by atomic mass is 9.98. The minimum Gasteiger partial charge on any atom is -0.480 e. The number of hydrogen-bond donors (Lipinski definition) is 3. The SMILES string of the molecule is CCCC[C@H](NC(=O)OCC1c2ccccc2-c2ccccc21)C(=O)N[C@@H](CC(C)C)C(=O)O. The van der Waals surface area contributed by atoms with Gasteiger partial charge in [-0.05, 0) is 41.0 Å². The highest BCUT2D eigenvalue weighted by atomic mass is 16.5. The number of rotatable bonds is 11. The van der Waals surface area contributed by atoms with Crippen molar-refractivity contribution in [2.75, 3.05) is 6.61 Å². The van der Waals surface area contributed by atoms with Crippen molar-refractivity contribution < 1.29 is 24.2 Å². The van der Waals surface area contributed by atoms with E-state index in [0.29, 0.717) is 19.3 Å². The molecule has 182 valence electrons. The zero-order valence-corrected chi connectivity index (χ0v) is 20.0. The summed E-state index contributed by atoms with van der Waals surface area (Å²) < 4.78 is 5.57. The minimum atomic E-state index is -1.09. The first-order chi connectivity index (χ1) is 16.3. The molecule has 0 radical (unpaired) electrons. The molecule has 0 saturated carbocycles. The van der Waals surface area contributed by atoms with Crippen LogP contribution in [0.3, 0.4) is 0 Å². The van der Waals surface area contributed by atoms with E-state index in [-0.39, 0.29) is 18.4 Å². The Labute approximate surface area is 200 Å². The van der Waals surface area contributed by atoms with Crippen LogP contribution >= 0.6 is 0 Å². The van der Waals surface area contributed by atoms with Crippen molar-refractivity contribution in [3.8, 4) is 11.1 Å². The van der Waals surface area contributed by atoms with E-state index in [1.165, 1.54) is 0 Å². The van der Waals surface area contributed by atoms with E-state index in [9.17, 15) is 19.5 Å². The van der Waals surface area contributed by atoms with Crippen molar-refractivity contribution >= 4 is 18.0 Å². The molecule has 3 rings (SSSR count). The molecule has 7 nitrogen and oxygen atoms in total. The first-order valence-corrected chi connectivity index (χ1v) is 12.0. The van der Waals surface area contributed by atoms with Gasteiger partial charge in [0.1, 0.15) is 18.7 Å². The molecule has 3 N–H and O–H groups in total. The maximum Gasteiger partial charge on any atom is 0.407 e. The number of nitrogens with one attached hydrogen (secondary N) is 2. The third-order valence-corrected chi connectivity index (χ3v) is 6.12. The quantitative estimate of drug-likeness (QED) is 0.445. The number of ether oxygens (including phenoxy) is 1. The predicted octanol–water partition coefficient (Wildman–Crippen LogP) is 4.70. The smallest absolute Gasteiger partial charge is 0.407 e. The Morgan fingerprint density at radius 3 is 2.06 bits per heavy atom. The van der Waals surface area contributed by atoms with Crippen LogP contribution in [0.4, 0.5) is 4.79 Å². The fourth-order valence-electron chi connectivity index (χ4n) is 4.42. The van der Waals surface area contributed by atoms with E-state index in [4.69, 9.17) is 4.74 Å². The highest BCUT2D eigenvalue weighted by Gasteiger charge is 2.30. The topological polar surface area (TPSA) is 105 Å². The Morgan fingerprint density at radius 1 is 0.941 bits per heavy atom. The van der Waals surface area contributed by atoms with Gasteiger partial charge < -0.3 is 20.5 Å². The largest absolute Gasteiger partial charge is 0.480 e. The summed E-state index contributed by atoms with van der Waals surface area (Å²) in [5, 5.41) is 14.7. The lowest BCUT2D eigenvalue weighted by molar-refractivity contribution is -0.142. The Balaban J connectivity index is 1.65. The number of carbonyl (C=O) groups excluding carboxylic acids is 2. The number of unbranched alkanes of at least 4 members (excludes halogenated alkanes) is 1. The molecule has 2 aromatic carbocycles. The summed E-state index contributed by atoms with van der Waals surface area (Å²) in [6.07, 6.45) is 1.58. The fourth-order valence-corrected chi connectivity index (χ4v) is 4.42. The summed E-state index contributed by atoms with van der Waals surface area (Å²) in [5.74, 6) is -1.57. The molecule has 1 aliphatic carbocycles. The molecule has 0 fully saturated rings. The number of amides is 2. The molecule has 2 amide bonds. The van der Waals surface area contributed by atoms with E-state index < -0.39 is 30.1 Å². The van der Waals surface area contributed by atoms with Gasteiger partial charge in [0.05, 0.1) is 0 Å². The maximum atomic E-state index is 12.8. The van der Waals surface area contributed by atoms with E-state index in [2.05, 4.69) is 22.8 Å². The number of carbonyl (C=O) groups is 3. The molecule has 0 saturated heterocycles. The number of fused-ring (bicyclic) bond motifs is 3. The van der Waals surface area contributed by atoms with Crippen LogP contribution in [-0.2, 0) is 14.3 Å². The van der Waals surface area contributed by atoms with E-state index in [1.807, 2.05) is 57.2 Å². The third kappa shape index (κ3) is 6.16. The number of hydrogen-bond acceptors (Lipinski definition) is 4. The van der Waals surface area contributed by atoms with Crippen molar-refractivity contribution in [2.45, 2.75) is 64.5 Å². The van der Waals surface area contributed by atoms with Gasteiger partial charge in [0.15, 0.2) is 0 Å². The average molecular weight is 467 g/mol. The standard InChI is InChI=1S/C27H34N2O5/c1-4-5-14-23(25(30)28-24(26(31)32)15-17(2)3)29-27(33)34-16-22-20-12-8-6-10-18(20)19-11-7-9-13-21(19)22/h6-13,17,22-24H,4-5,14-16H2,1-3H3,(H,28,30)(H,29,33)(H,31,32)/t23-,24-/m0/s1. The third-order valence-electron chi connectivity index (χ3n) is 6.12. The summed E-state index contributed by atoms with van der Waals surface area (Å²) in [5.41, 5.74) is 4.49. The lowest BCUT2D eigenvalue weighted by Crippen LogP contribution is -2.52. The number of benzene rings is 2.